The first kappa shape index (κ1) is 12.0. The van der Waals surface area contributed by atoms with Crippen LogP contribution in [0.4, 0.5) is 0 Å². The predicted molar refractivity (Wildman–Crippen MR) is 42.9 cm³/mol. The lowest BCUT2D eigenvalue weighted by atomic mass is 10.2. The van der Waals surface area contributed by atoms with Gasteiger partial charge < -0.3 is 15.0 Å². The summed E-state index contributed by atoms with van der Waals surface area (Å²) in [5, 5.41) is 16.6. The van der Waals surface area contributed by atoms with E-state index in [1.54, 1.807) is 0 Å². The number of aliphatic hydroxyl groups is 1. The highest BCUT2D eigenvalue weighted by atomic mass is 16.6. The second-order valence-corrected chi connectivity index (χ2v) is 2.36. The predicted octanol–water partition coefficient (Wildman–Crippen LogP) is -1.07. The number of aldehydes is 1. The standard InChI is InChI=1S/C7H13NO5/c9-3-4-13-8-6(5-10)1-2-7(11)12/h5-6,8-9H,1-4H2,(H,11,12)/t6-/m1/s1. The summed E-state index contributed by atoms with van der Waals surface area (Å²) < 4.78 is 0. The average molecular weight is 191 g/mol. The van der Waals surface area contributed by atoms with Crippen LogP contribution < -0.4 is 5.48 Å². The lowest BCUT2D eigenvalue weighted by Gasteiger charge is -2.10. The fourth-order valence-electron chi connectivity index (χ4n) is 0.645. The Morgan fingerprint density at radius 2 is 2.31 bits per heavy atom. The third-order valence-electron chi connectivity index (χ3n) is 1.26. The summed E-state index contributed by atoms with van der Waals surface area (Å²) in [6.45, 7) is -0.0884. The van der Waals surface area contributed by atoms with Gasteiger partial charge in [0.05, 0.1) is 19.3 Å². The number of hydroxylamine groups is 1. The highest BCUT2D eigenvalue weighted by Crippen LogP contribution is 1.94. The van der Waals surface area contributed by atoms with Gasteiger partial charge in [0.25, 0.3) is 0 Å². The van der Waals surface area contributed by atoms with Gasteiger partial charge in [0.1, 0.15) is 6.29 Å². The van der Waals surface area contributed by atoms with Gasteiger partial charge in [-0.15, -0.1) is 0 Å². The molecule has 0 heterocycles. The summed E-state index contributed by atoms with van der Waals surface area (Å²) in [6.07, 6.45) is 0.642. The molecule has 0 unspecified atom stereocenters. The number of aliphatic hydroxyl groups excluding tert-OH is 1. The van der Waals surface area contributed by atoms with E-state index in [0.29, 0.717) is 6.29 Å². The van der Waals surface area contributed by atoms with Crippen LogP contribution in [0.25, 0.3) is 0 Å². The molecule has 76 valence electrons. The van der Waals surface area contributed by atoms with Crippen molar-refractivity contribution in [3.8, 4) is 0 Å². The smallest absolute Gasteiger partial charge is 0.303 e. The SMILES string of the molecule is O=C[C@@H](CCC(=O)O)NOCCO. The summed E-state index contributed by atoms with van der Waals surface area (Å²) in [5.74, 6) is -0.962. The van der Waals surface area contributed by atoms with Crippen molar-refractivity contribution in [2.24, 2.45) is 0 Å². The quantitative estimate of drug-likeness (QED) is 0.257. The zero-order valence-corrected chi connectivity index (χ0v) is 7.10. The third-order valence-corrected chi connectivity index (χ3v) is 1.26. The molecule has 3 N–H and O–H groups in total. The molecule has 0 saturated heterocycles. The molecule has 0 fully saturated rings. The van der Waals surface area contributed by atoms with Crippen molar-refractivity contribution in [1.82, 2.24) is 5.48 Å². The number of carbonyl (C=O) groups excluding carboxylic acids is 1. The number of aliphatic carboxylic acids is 1. The molecule has 0 rings (SSSR count). The van der Waals surface area contributed by atoms with Crippen molar-refractivity contribution in [3.05, 3.63) is 0 Å². The van der Waals surface area contributed by atoms with E-state index < -0.39 is 12.0 Å². The van der Waals surface area contributed by atoms with Crippen LogP contribution in [-0.4, -0.2) is 41.7 Å². The zero-order chi connectivity index (χ0) is 10.1. The van der Waals surface area contributed by atoms with Crippen LogP contribution >= 0.6 is 0 Å². The molecule has 6 heteroatoms. The van der Waals surface area contributed by atoms with Crippen molar-refractivity contribution in [3.63, 3.8) is 0 Å². The van der Waals surface area contributed by atoms with Gasteiger partial charge in [0.2, 0.25) is 0 Å². The topological polar surface area (TPSA) is 95.9 Å². The Morgan fingerprint density at radius 1 is 1.62 bits per heavy atom. The molecule has 0 amide bonds. The Kier molecular flexibility index (Phi) is 7.08. The molecular formula is C7H13NO5. The van der Waals surface area contributed by atoms with Gasteiger partial charge in [-0.05, 0) is 6.42 Å². The number of hydrogen-bond acceptors (Lipinski definition) is 5. The summed E-state index contributed by atoms with van der Waals surface area (Å²) in [4.78, 5) is 25.1. The van der Waals surface area contributed by atoms with E-state index in [9.17, 15) is 9.59 Å². The number of rotatable bonds is 8. The van der Waals surface area contributed by atoms with Gasteiger partial charge in [0.15, 0.2) is 0 Å². The second-order valence-electron chi connectivity index (χ2n) is 2.36. The fourth-order valence-corrected chi connectivity index (χ4v) is 0.645. The molecule has 0 aromatic rings. The largest absolute Gasteiger partial charge is 0.481 e. The van der Waals surface area contributed by atoms with Crippen molar-refractivity contribution in [2.75, 3.05) is 13.2 Å². The van der Waals surface area contributed by atoms with Crippen molar-refractivity contribution < 1.29 is 24.6 Å². The van der Waals surface area contributed by atoms with Gasteiger partial charge in [0, 0.05) is 6.42 Å². The average Bonchev–Trinajstić information content (AvgIpc) is 2.10. The van der Waals surface area contributed by atoms with E-state index in [4.69, 9.17) is 10.2 Å². The van der Waals surface area contributed by atoms with Crippen LogP contribution in [0.2, 0.25) is 0 Å². The normalized spacial score (nSPS) is 12.4. The van der Waals surface area contributed by atoms with E-state index in [0.717, 1.165) is 0 Å². The molecular weight excluding hydrogens is 178 g/mol. The van der Waals surface area contributed by atoms with Gasteiger partial charge in [-0.2, -0.15) is 5.48 Å². The van der Waals surface area contributed by atoms with Gasteiger partial charge in [-0.25, -0.2) is 0 Å². The zero-order valence-electron chi connectivity index (χ0n) is 7.10. The van der Waals surface area contributed by atoms with E-state index in [-0.39, 0.29) is 26.1 Å². The summed E-state index contributed by atoms with van der Waals surface area (Å²) in [5.41, 5.74) is 2.33. The van der Waals surface area contributed by atoms with E-state index >= 15 is 0 Å². The lowest BCUT2D eigenvalue weighted by molar-refractivity contribution is -0.137. The summed E-state index contributed by atoms with van der Waals surface area (Å²) in [6, 6.07) is -0.636. The first-order chi connectivity index (χ1) is 6.20. The maximum absolute atomic E-state index is 10.3. The Labute approximate surface area is 75.5 Å². The maximum Gasteiger partial charge on any atom is 0.303 e. The first-order valence-corrected chi connectivity index (χ1v) is 3.86. The van der Waals surface area contributed by atoms with Gasteiger partial charge >= 0.3 is 5.97 Å². The molecule has 13 heavy (non-hydrogen) atoms. The molecule has 0 saturated carbocycles. The van der Waals surface area contributed by atoms with Crippen LogP contribution in [0.1, 0.15) is 12.8 Å². The minimum Gasteiger partial charge on any atom is -0.481 e. The minimum atomic E-state index is -0.962. The van der Waals surface area contributed by atoms with Crippen LogP contribution in [-0.2, 0) is 14.4 Å². The Bertz CT molecular complexity index is 161. The molecule has 1 atom stereocenters. The van der Waals surface area contributed by atoms with Crippen molar-refractivity contribution in [2.45, 2.75) is 18.9 Å². The molecule has 0 radical (unpaired) electrons. The molecule has 0 bridgehead atoms. The first-order valence-electron chi connectivity index (χ1n) is 3.86. The number of carboxylic acid groups (broad SMARTS) is 1. The van der Waals surface area contributed by atoms with Gasteiger partial charge in [-0.1, -0.05) is 0 Å². The molecule has 0 aliphatic carbocycles. The third kappa shape index (κ3) is 7.38. The number of nitrogens with one attached hydrogen (secondary N) is 1. The number of hydrogen-bond donors (Lipinski definition) is 3. The molecule has 0 aromatic heterocycles. The Hall–Kier alpha value is -0.980. The maximum atomic E-state index is 10.3. The molecule has 6 nitrogen and oxygen atoms in total. The van der Waals surface area contributed by atoms with Crippen molar-refractivity contribution in [1.29, 1.82) is 0 Å². The molecule has 0 aromatic carbocycles. The van der Waals surface area contributed by atoms with Crippen LogP contribution in [0.3, 0.4) is 0 Å². The molecule has 0 aliphatic rings. The van der Waals surface area contributed by atoms with Crippen LogP contribution in [0.5, 0.6) is 0 Å². The summed E-state index contributed by atoms with van der Waals surface area (Å²) >= 11 is 0. The van der Waals surface area contributed by atoms with E-state index in [1.165, 1.54) is 0 Å². The van der Waals surface area contributed by atoms with E-state index in [2.05, 4.69) is 10.3 Å². The van der Waals surface area contributed by atoms with Gasteiger partial charge in [-0.3, -0.25) is 9.63 Å². The Morgan fingerprint density at radius 3 is 2.77 bits per heavy atom. The fraction of sp³-hybridized carbons (Fsp3) is 0.714. The monoisotopic (exact) mass is 191 g/mol. The van der Waals surface area contributed by atoms with Crippen LogP contribution in [0, 0.1) is 0 Å². The highest BCUT2D eigenvalue weighted by molar-refractivity contribution is 5.68. The molecule has 0 aliphatic heterocycles. The van der Waals surface area contributed by atoms with Crippen LogP contribution in [0.15, 0.2) is 0 Å². The minimum absolute atomic E-state index is 0.0669. The lowest BCUT2D eigenvalue weighted by Crippen LogP contribution is -2.32. The highest BCUT2D eigenvalue weighted by Gasteiger charge is 2.08. The number of carboxylic acids is 1. The second kappa shape index (κ2) is 7.66. The number of carbonyl (C=O) groups is 2. The summed E-state index contributed by atoms with van der Waals surface area (Å²) in [7, 11) is 0. The Balaban J connectivity index is 3.51. The van der Waals surface area contributed by atoms with Crippen molar-refractivity contribution >= 4 is 12.3 Å². The molecule has 0 spiro atoms. The van der Waals surface area contributed by atoms with E-state index in [1.807, 2.05) is 0 Å².